The zero-order valence-corrected chi connectivity index (χ0v) is 8.14. The highest BCUT2D eigenvalue weighted by Gasteiger charge is 2.43. The molecule has 0 nitrogen and oxygen atoms in total. The van der Waals surface area contributed by atoms with Crippen molar-refractivity contribution in [3.8, 4) is 0 Å². The van der Waals surface area contributed by atoms with Crippen molar-refractivity contribution in [2.75, 3.05) is 0 Å². The molecule has 0 amide bonds. The maximum atomic E-state index is 2.41. The summed E-state index contributed by atoms with van der Waals surface area (Å²) >= 11 is 0. The average Bonchev–Trinajstić information content (AvgIpc) is 2.46. The van der Waals surface area contributed by atoms with Crippen molar-refractivity contribution in [3.63, 3.8) is 0 Å². The zero-order chi connectivity index (χ0) is 8.66. The predicted octanol–water partition coefficient (Wildman–Crippen LogP) is 3.70. The number of allylic oxidation sites excluding steroid dienone is 4. The van der Waals surface area contributed by atoms with E-state index in [4.69, 9.17) is 0 Å². The summed E-state index contributed by atoms with van der Waals surface area (Å²) in [5.41, 5.74) is 0.889. The third-order valence-corrected chi connectivity index (χ3v) is 3.80. The van der Waals surface area contributed by atoms with Crippen LogP contribution in [-0.2, 0) is 0 Å². The molecule has 1 spiro atoms. The van der Waals surface area contributed by atoms with Gasteiger partial charge in [0.15, 0.2) is 0 Å². The molecular weight excluding hydrogens is 144 g/mol. The van der Waals surface area contributed by atoms with E-state index in [1.807, 2.05) is 0 Å². The first kappa shape index (κ1) is 8.10. The Bertz CT molecular complexity index is 218. The molecule has 0 heteroatoms. The molecule has 2 aliphatic carbocycles. The molecular formula is C12H18. The van der Waals surface area contributed by atoms with Gasteiger partial charge in [0.25, 0.3) is 0 Å². The van der Waals surface area contributed by atoms with Crippen LogP contribution >= 0.6 is 0 Å². The highest BCUT2D eigenvalue weighted by atomic mass is 14.5. The minimum Gasteiger partial charge on any atom is -0.0740 e. The van der Waals surface area contributed by atoms with E-state index in [9.17, 15) is 0 Å². The van der Waals surface area contributed by atoms with Crippen LogP contribution in [0.3, 0.4) is 0 Å². The minimum atomic E-state index is 0.408. The highest BCUT2D eigenvalue weighted by molar-refractivity contribution is 5.28. The molecule has 0 unspecified atom stereocenters. The fourth-order valence-electron chi connectivity index (χ4n) is 2.68. The second kappa shape index (κ2) is 2.48. The Balaban J connectivity index is 2.32. The summed E-state index contributed by atoms with van der Waals surface area (Å²) in [6.07, 6.45) is 14.8. The topological polar surface area (TPSA) is 0 Å². The molecule has 0 radical (unpaired) electrons. The highest BCUT2D eigenvalue weighted by Crippen LogP contribution is 2.53. The Hall–Kier alpha value is -0.520. The molecule has 12 heavy (non-hydrogen) atoms. The summed E-state index contributed by atoms with van der Waals surface area (Å²) in [5, 5.41) is 0. The van der Waals surface area contributed by atoms with Gasteiger partial charge in [-0.15, -0.1) is 0 Å². The van der Waals surface area contributed by atoms with Crippen LogP contribution in [0.15, 0.2) is 24.3 Å². The molecule has 1 fully saturated rings. The molecule has 66 valence electrons. The van der Waals surface area contributed by atoms with Gasteiger partial charge in [0.2, 0.25) is 0 Å². The summed E-state index contributed by atoms with van der Waals surface area (Å²) in [4.78, 5) is 0. The lowest BCUT2D eigenvalue weighted by Crippen LogP contribution is -2.36. The van der Waals surface area contributed by atoms with E-state index in [1.54, 1.807) is 0 Å². The smallest absolute Gasteiger partial charge is 0.0118 e. The van der Waals surface area contributed by atoms with E-state index >= 15 is 0 Å². The first-order valence-electron chi connectivity index (χ1n) is 5.03. The number of hydrogen-bond donors (Lipinski definition) is 0. The lowest BCUT2D eigenvalue weighted by Gasteiger charge is -2.46. The average molecular weight is 162 g/mol. The van der Waals surface area contributed by atoms with Crippen LogP contribution in [0.2, 0.25) is 0 Å². The van der Waals surface area contributed by atoms with E-state index in [0.717, 1.165) is 0 Å². The second-order valence-corrected chi connectivity index (χ2v) is 4.85. The summed E-state index contributed by atoms with van der Waals surface area (Å²) in [6, 6.07) is 0. The maximum absolute atomic E-state index is 2.41. The van der Waals surface area contributed by atoms with Crippen molar-refractivity contribution >= 4 is 0 Å². The number of rotatable bonds is 0. The van der Waals surface area contributed by atoms with Crippen molar-refractivity contribution in [2.24, 2.45) is 10.8 Å². The molecule has 0 bridgehead atoms. The summed E-state index contributed by atoms with van der Waals surface area (Å²) < 4.78 is 0. The van der Waals surface area contributed by atoms with Crippen LogP contribution < -0.4 is 0 Å². The standard InChI is InChI=1S/C12H18/c1-11(2)7-3-4-8-12(11)9-5-6-10-12/h5-6,9-10H,3-4,7-8H2,1-2H3. The van der Waals surface area contributed by atoms with Crippen LogP contribution in [-0.4, -0.2) is 0 Å². The van der Waals surface area contributed by atoms with Gasteiger partial charge in [-0.05, 0) is 18.3 Å². The monoisotopic (exact) mass is 162 g/mol. The van der Waals surface area contributed by atoms with Crippen LogP contribution in [0.5, 0.6) is 0 Å². The molecule has 0 N–H and O–H groups in total. The van der Waals surface area contributed by atoms with Crippen molar-refractivity contribution < 1.29 is 0 Å². The second-order valence-electron chi connectivity index (χ2n) is 4.85. The summed E-state index contributed by atoms with van der Waals surface area (Å²) in [5.74, 6) is 0. The Kier molecular flexibility index (Phi) is 1.67. The molecule has 2 aliphatic rings. The largest absolute Gasteiger partial charge is 0.0740 e. The SMILES string of the molecule is CC1(C)CCCCC12C=CC=C2. The van der Waals surface area contributed by atoms with Crippen LogP contribution in [0, 0.1) is 10.8 Å². The fourth-order valence-corrected chi connectivity index (χ4v) is 2.68. The van der Waals surface area contributed by atoms with Crippen molar-refractivity contribution in [2.45, 2.75) is 39.5 Å². The molecule has 1 saturated carbocycles. The Morgan fingerprint density at radius 1 is 0.917 bits per heavy atom. The van der Waals surface area contributed by atoms with Crippen LogP contribution in [0.1, 0.15) is 39.5 Å². The fraction of sp³-hybridized carbons (Fsp3) is 0.667. The predicted molar refractivity (Wildman–Crippen MR) is 53.0 cm³/mol. The van der Waals surface area contributed by atoms with E-state index in [-0.39, 0.29) is 0 Å². The van der Waals surface area contributed by atoms with Gasteiger partial charge in [0, 0.05) is 5.41 Å². The van der Waals surface area contributed by atoms with E-state index in [2.05, 4.69) is 38.2 Å². The Morgan fingerprint density at radius 3 is 2.08 bits per heavy atom. The van der Waals surface area contributed by atoms with Crippen molar-refractivity contribution in [1.82, 2.24) is 0 Å². The summed E-state index contributed by atoms with van der Waals surface area (Å²) in [6.45, 7) is 4.82. The van der Waals surface area contributed by atoms with Gasteiger partial charge in [-0.2, -0.15) is 0 Å². The quantitative estimate of drug-likeness (QED) is 0.509. The van der Waals surface area contributed by atoms with Crippen molar-refractivity contribution in [3.05, 3.63) is 24.3 Å². The van der Waals surface area contributed by atoms with Crippen LogP contribution in [0.4, 0.5) is 0 Å². The van der Waals surface area contributed by atoms with Gasteiger partial charge in [-0.25, -0.2) is 0 Å². The first-order chi connectivity index (χ1) is 5.66. The summed E-state index contributed by atoms with van der Waals surface area (Å²) in [7, 11) is 0. The lowest BCUT2D eigenvalue weighted by atomic mass is 9.58. The van der Waals surface area contributed by atoms with Crippen LogP contribution in [0.25, 0.3) is 0 Å². The molecule has 0 atom stereocenters. The normalized spacial score (nSPS) is 29.8. The molecule has 0 heterocycles. The third kappa shape index (κ3) is 0.972. The van der Waals surface area contributed by atoms with Gasteiger partial charge in [0.1, 0.15) is 0 Å². The molecule has 0 aromatic rings. The van der Waals surface area contributed by atoms with Gasteiger partial charge in [-0.1, -0.05) is 51.0 Å². The number of hydrogen-bond acceptors (Lipinski definition) is 0. The Morgan fingerprint density at radius 2 is 1.50 bits per heavy atom. The Labute approximate surface area is 75.4 Å². The minimum absolute atomic E-state index is 0.408. The molecule has 2 rings (SSSR count). The third-order valence-electron chi connectivity index (χ3n) is 3.80. The lowest BCUT2D eigenvalue weighted by molar-refractivity contribution is 0.110. The molecule has 0 saturated heterocycles. The maximum Gasteiger partial charge on any atom is 0.0118 e. The molecule has 0 aromatic carbocycles. The van der Waals surface area contributed by atoms with Gasteiger partial charge in [0.05, 0.1) is 0 Å². The molecule has 0 aromatic heterocycles. The molecule has 0 aliphatic heterocycles. The first-order valence-corrected chi connectivity index (χ1v) is 5.03. The van der Waals surface area contributed by atoms with Gasteiger partial charge in [-0.3, -0.25) is 0 Å². The van der Waals surface area contributed by atoms with E-state index < -0.39 is 0 Å². The van der Waals surface area contributed by atoms with Gasteiger partial charge >= 0.3 is 0 Å². The van der Waals surface area contributed by atoms with E-state index in [0.29, 0.717) is 10.8 Å². The van der Waals surface area contributed by atoms with Crippen molar-refractivity contribution in [1.29, 1.82) is 0 Å². The zero-order valence-electron chi connectivity index (χ0n) is 8.14. The van der Waals surface area contributed by atoms with E-state index in [1.165, 1.54) is 25.7 Å². The van der Waals surface area contributed by atoms with Gasteiger partial charge < -0.3 is 0 Å².